The zero-order chi connectivity index (χ0) is 19.8. The van der Waals surface area contributed by atoms with E-state index >= 15 is 0 Å². The Bertz CT molecular complexity index is 756. The minimum Gasteiger partial charge on any atom is -0.346 e. The molecule has 1 aliphatic heterocycles. The maximum absolute atomic E-state index is 12.9. The first-order valence-electron chi connectivity index (χ1n) is 9.70. The van der Waals surface area contributed by atoms with Crippen LogP contribution in [0.2, 0.25) is 0 Å². The number of carbonyl (C=O) groups is 2. The molecule has 7 heteroatoms. The van der Waals surface area contributed by atoms with Crippen LogP contribution in [-0.2, 0) is 16.1 Å². The highest BCUT2D eigenvalue weighted by Crippen LogP contribution is 2.25. The molecule has 0 radical (unpaired) electrons. The molecule has 2 amide bonds. The normalized spacial score (nSPS) is 16.2. The number of carbonyl (C=O) groups excluding carboxylic acids is 2. The van der Waals surface area contributed by atoms with Crippen LogP contribution in [0.5, 0.6) is 0 Å². The Morgan fingerprint density at radius 2 is 1.68 bits per heavy atom. The number of thiophene rings is 1. The Balaban J connectivity index is 1.53. The third kappa shape index (κ3) is 5.87. The fraction of sp³-hybridized carbons (Fsp3) is 0.429. The topological polar surface area (TPSA) is 61.4 Å². The first kappa shape index (κ1) is 20.5. The van der Waals surface area contributed by atoms with Crippen molar-refractivity contribution in [1.82, 2.24) is 15.5 Å². The first-order chi connectivity index (χ1) is 13.6. The summed E-state index contributed by atoms with van der Waals surface area (Å²) in [6.45, 7) is 2.60. The molecular formula is C21H26FN3O2S. The number of nitrogens with zero attached hydrogens (tertiary/aromatic N) is 1. The van der Waals surface area contributed by atoms with Gasteiger partial charge in [0.25, 0.3) is 0 Å². The summed E-state index contributed by atoms with van der Waals surface area (Å²) in [5.74, 6) is -1.65. The first-order valence-corrected chi connectivity index (χ1v) is 10.6. The molecule has 0 aliphatic carbocycles. The van der Waals surface area contributed by atoms with Gasteiger partial charge in [0.15, 0.2) is 0 Å². The van der Waals surface area contributed by atoms with Gasteiger partial charge in [-0.3, -0.25) is 14.5 Å². The van der Waals surface area contributed by atoms with Crippen molar-refractivity contribution in [3.8, 4) is 0 Å². The SMILES string of the molecule is O=C(NCc1ccc(F)cc1)C(=O)NC[C@H](c1ccsc1)N1CCCCCC1. The average Bonchev–Trinajstić information content (AvgIpc) is 3.10. The molecule has 28 heavy (non-hydrogen) atoms. The highest BCUT2D eigenvalue weighted by atomic mass is 32.1. The second-order valence-corrected chi connectivity index (χ2v) is 7.82. The van der Waals surface area contributed by atoms with Crippen molar-refractivity contribution in [1.29, 1.82) is 0 Å². The lowest BCUT2D eigenvalue weighted by molar-refractivity contribution is -0.139. The van der Waals surface area contributed by atoms with Gasteiger partial charge in [-0.2, -0.15) is 11.3 Å². The molecule has 3 rings (SSSR count). The number of hydrogen-bond donors (Lipinski definition) is 2. The summed E-state index contributed by atoms with van der Waals surface area (Å²) >= 11 is 1.64. The van der Waals surface area contributed by atoms with Gasteiger partial charge in [-0.05, 0) is 66.0 Å². The summed E-state index contributed by atoms with van der Waals surface area (Å²) in [5.41, 5.74) is 1.92. The number of amides is 2. The van der Waals surface area contributed by atoms with E-state index in [2.05, 4.69) is 27.0 Å². The van der Waals surface area contributed by atoms with Crippen LogP contribution in [0.25, 0.3) is 0 Å². The molecule has 1 saturated heterocycles. The molecule has 2 heterocycles. The number of benzene rings is 1. The van der Waals surface area contributed by atoms with Gasteiger partial charge in [-0.1, -0.05) is 25.0 Å². The van der Waals surface area contributed by atoms with Gasteiger partial charge >= 0.3 is 11.8 Å². The Kier molecular flexibility index (Phi) is 7.56. The van der Waals surface area contributed by atoms with Crippen LogP contribution in [0, 0.1) is 5.82 Å². The summed E-state index contributed by atoms with van der Waals surface area (Å²) < 4.78 is 12.9. The van der Waals surface area contributed by atoms with E-state index in [1.165, 1.54) is 30.5 Å². The molecule has 2 aromatic rings. The fourth-order valence-electron chi connectivity index (χ4n) is 3.46. The van der Waals surface area contributed by atoms with Crippen LogP contribution in [0.15, 0.2) is 41.1 Å². The van der Waals surface area contributed by atoms with Crippen LogP contribution in [0.4, 0.5) is 4.39 Å². The van der Waals surface area contributed by atoms with Gasteiger partial charge < -0.3 is 10.6 Å². The minimum absolute atomic E-state index is 0.0817. The van der Waals surface area contributed by atoms with Crippen LogP contribution < -0.4 is 10.6 Å². The summed E-state index contributed by atoms with van der Waals surface area (Å²) in [5, 5.41) is 9.51. The molecule has 0 spiro atoms. The van der Waals surface area contributed by atoms with Gasteiger partial charge in [0.05, 0.1) is 6.04 Å². The largest absolute Gasteiger partial charge is 0.346 e. The molecule has 2 N–H and O–H groups in total. The van der Waals surface area contributed by atoms with Crippen molar-refractivity contribution in [2.24, 2.45) is 0 Å². The summed E-state index contributed by atoms with van der Waals surface area (Å²) in [6.07, 6.45) is 4.80. The fourth-order valence-corrected chi connectivity index (χ4v) is 4.17. The monoisotopic (exact) mass is 403 g/mol. The second-order valence-electron chi connectivity index (χ2n) is 7.04. The van der Waals surface area contributed by atoms with E-state index in [1.54, 1.807) is 23.5 Å². The summed E-state index contributed by atoms with van der Waals surface area (Å²) in [4.78, 5) is 26.8. The van der Waals surface area contributed by atoms with E-state index in [4.69, 9.17) is 0 Å². The van der Waals surface area contributed by atoms with Crippen molar-refractivity contribution in [2.45, 2.75) is 38.3 Å². The molecular weight excluding hydrogens is 377 g/mol. The number of hydrogen-bond acceptors (Lipinski definition) is 4. The Hall–Kier alpha value is -2.25. The van der Waals surface area contributed by atoms with Crippen molar-refractivity contribution in [3.05, 3.63) is 58.0 Å². The van der Waals surface area contributed by atoms with E-state index < -0.39 is 11.8 Å². The van der Waals surface area contributed by atoms with Crippen molar-refractivity contribution in [2.75, 3.05) is 19.6 Å². The molecule has 5 nitrogen and oxygen atoms in total. The molecule has 0 bridgehead atoms. The maximum Gasteiger partial charge on any atom is 0.309 e. The minimum atomic E-state index is -0.677. The zero-order valence-electron chi connectivity index (χ0n) is 15.8. The third-order valence-electron chi connectivity index (χ3n) is 5.04. The Labute approximate surface area is 168 Å². The van der Waals surface area contributed by atoms with Crippen LogP contribution in [-0.4, -0.2) is 36.3 Å². The second kappa shape index (κ2) is 10.3. The molecule has 1 aromatic heterocycles. The Morgan fingerprint density at radius 1 is 1.00 bits per heavy atom. The zero-order valence-corrected chi connectivity index (χ0v) is 16.6. The molecule has 0 unspecified atom stereocenters. The third-order valence-corrected chi connectivity index (χ3v) is 5.74. The van der Waals surface area contributed by atoms with Crippen LogP contribution >= 0.6 is 11.3 Å². The van der Waals surface area contributed by atoms with Crippen molar-refractivity contribution < 1.29 is 14.0 Å². The van der Waals surface area contributed by atoms with Crippen LogP contribution in [0.3, 0.4) is 0 Å². The highest BCUT2D eigenvalue weighted by molar-refractivity contribution is 7.08. The van der Waals surface area contributed by atoms with Crippen molar-refractivity contribution >= 4 is 23.2 Å². The molecule has 1 aliphatic rings. The number of nitrogens with one attached hydrogen (secondary N) is 2. The molecule has 150 valence electrons. The van der Waals surface area contributed by atoms with Crippen molar-refractivity contribution in [3.63, 3.8) is 0 Å². The van der Waals surface area contributed by atoms with Gasteiger partial charge in [-0.15, -0.1) is 0 Å². The predicted molar refractivity (Wildman–Crippen MR) is 108 cm³/mol. The highest BCUT2D eigenvalue weighted by Gasteiger charge is 2.23. The average molecular weight is 404 g/mol. The van der Waals surface area contributed by atoms with E-state index in [9.17, 15) is 14.0 Å². The smallest absolute Gasteiger partial charge is 0.309 e. The quantitative estimate of drug-likeness (QED) is 0.728. The van der Waals surface area contributed by atoms with Gasteiger partial charge in [0, 0.05) is 13.1 Å². The maximum atomic E-state index is 12.9. The number of halogens is 1. The number of rotatable bonds is 6. The van der Waals surface area contributed by atoms with E-state index in [-0.39, 0.29) is 18.4 Å². The molecule has 1 fully saturated rings. The van der Waals surface area contributed by atoms with Gasteiger partial charge in [0.2, 0.25) is 0 Å². The predicted octanol–water partition coefficient (Wildman–Crippen LogP) is 3.24. The Morgan fingerprint density at radius 3 is 2.32 bits per heavy atom. The van der Waals surface area contributed by atoms with E-state index in [0.29, 0.717) is 6.54 Å². The molecule has 1 atom stereocenters. The van der Waals surface area contributed by atoms with E-state index in [0.717, 1.165) is 31.5 Å². The lowest BCUT2D eigenvalue weighted by atomic mass is 10.1. The lowest BCUT2D eigenvalue weighted by Gasteiger charge is -2.30. The van der Waals surface area contributed by atoms with Gasteiger partial charge in [-0.25, -0.2) is 4.39 Å². The number of likely N-dealkylation sites (tertiary alicyclic amines) is 1. The molecule has 1 aromatic carbocycles. The summed E-state index contributed by atoms with van der Waals surface area (Å²) in [6, 6.07) is 7.99. The lowest BCUT2D eigenvalue weighted by Crippen LogP contribution is -2.44. The standard InChI is InChI=1S/C21H26FN3O2S/c22-18-7-5-16(6-8-18)13-23-20(26)21(27)24-14-19(17-9-12-28-15-17)25-10-3-1-2-4-11-25/h5-9,12,15,19H,1-4,10-11,13-14H2,(H,23,26)(H,24,27)/t19-/m1/s1. The van der Waals surface area contributed by atoms with E-state index in [1.807, 2.05) is 5.38 Å². The summed E-state index contributed by atoms with van der Waals surface area (Å²) in [7, 11) is 0. The molecule has 0 saturated carbocycles. The van der Waals surface area contributed by atoms with Gasteiger partial charge in [0.1, 0.15) is 5.82 Å². The van der Waals surface area contributed by atoms with Crippen LogP contribution in [0.1, 0.15) is 42.9 Å².